The van der Waals surface area contributed by atoms with Crippen molar-refractivity contribution in [2.45, 2.75) is 6.43 Å². The fraction of sp³-hybridized carbons (Fsp3) is 0.0769. The Balaban J connectivity index is 2.42. The molecule has 0 unspecified atom stereocenters. The van der Waals surface area contributed by atoms with Crippen LogP contribution in [0.2, 0.25) is 0 Å². The van der Waals surface area contributed by atoms with Crippen molar-refractivity contribution in [2.24, 2.45) is 0 Å². The van der Waals surface area contributed by atoms with Gasteiger partial charge >= 0.3 is 0 Å². The molecule has 5 heteroatoms. The summed E-state index contributed by atoms with van der Waals surface area (Å²) in [6, 6.07) is 6.74. The van der Waals surface area contributed by atoms with E-state index in [1.807, 2.05) is 0 Å². The number of nitrogens with two attached hydrogens (primary N) is 1. The number of hydrogen-bond acceptors (Lipinski definition) is 3. The highest BCUT2D eigenvalue weighted by atomic mass is 19.3. The smallest absolute Gasteiger partial charge is 0.263 e. The molecule has 0 aliphatic heterocycles. The van der Waals surface area contributed by atoms with E-state index in [1.165, 1.54) is 30.6 Å². The maximum absolute atomic E-state index is 12.6. The van der Waals surface area contributed by atoms with Gasteiger partial charge < -0.3 is 5.73 Å². The highest BCUT2D eigenvalue weighted by molar-refractivity contribution is 6.09. The number of ketones is 1. The Morgan fingerprint density at radius 3 is 2.39 bits per heavy atom. The fourth-order valence-electron chi connectivity index (χ4n) is 1.60. The van der Waals surface area contributed by atoms with Gasteiger partial charge in [-0.3, -0.25) is 9.78 Å². The summed E-state index contributed by atoms with van der Waals surface area (Å²) >= 11 is 0. The summed E-state index contributed by atoms with van der Waals surface area (Å²) in [7, 11) is 0. The third-order valence-electron chi connectivity index (χ3n) is 2.43. The zero-order valence-corrected chi connectivity index (χ0v) is 9.31. The molecule has 1 heterocycles. The number of pyridine rings is 1. The van der Waals surface area contributed by atoms with Gasteiger partial charge in [-0.2, -0.15) is 0 Å². The van der Waals surface area contributed by atoms with Gasteiger partial charge in [0.05, 0.1) is 0 Å². The molecule has 0 fully saturated rings. The normalized spacial score (nSPS) is 10.6. The molecule has 0 radical (unpaired) electrons. The second-order valence-corrected chi connectivity index (χ2v) is 3.75. The minimum atomic E-state index is -2.66. The summed E-state index contributed by atoms with van der Waals surface area (Å²) in [4.78, 5) is 15.8. The zero-order valence-electron chi connectivity index (χ0n) is 9.31. The average molecular weight is 248 g/mol. The molecular formula is C13H10F2N2O. The average Bonchev–Trinajstić information content (AvgIpc) is 2.38. The van der Waals surface area contributed by atoms with Crippen LogP contribution in [0.1, 0.15) is 27.9 Å². The molecule has 0 bridgehead atoms. The molecule has 0 amide bonds. The molecule has 0 aliphatic carbocycles. The Kier molecular flexibility index (Phi) is 3.32. The van der Waals surface area contributed by atoms with Crippen molar-refractivity contribution in [1.29, 1.82) is 0 Å². The second-order valence-electron chi connectivity index (χ2n) is 3.75. The first-order valence-corrected chi connectivity index (χ1v) is 5.21. The van der Waals surface area contributed by atoms with Gasteiger partial charge in [0, 0.05) is 34.8 Å². The Morgan fingerprint density at radius 2 is 1.78 bits per heavy atom. The fourth-order valence-corrected chi connectivity index (χ4v) is 1.60. The summed E-state index contributed by atoms with van der Waals surface area (Å²) < 4.78 is 25.2. The van der Waals surface area contributed by atoms with Crippen molar-refractivity contribution in [1.82, 2.24) is 4.98 Å². The van der Waals surface area contributed by atoms with E-state index in [0.29, 0.717) is 5.56 Å². The van der Waals surface area contributed by atoms with E-state index in [9.17, 15) is 13.6 Å². The topological polar surface area (TPSA) is 56.0 Å². The summed E-state index contributed by atoms with van der Waals surface area (Å²) in [5.41, 5.74) is 5.94. The van der Waals surface area contributed by atoms with Crippen LogP contribution in [-0.2, 0) is 0 Å². The highest BCUT2D eigenvalue weighted by Crippen LogP contribution is 2.24. The lowest BCUT2D eigenvalue weighted by Crippen LogP contribution is -2.04. The van der Waals surface area contributed by atoms with E-state index in [2.05, 4.69) is 4.98 Å². The highest BCUT2D eigenvalue weighted by Gasteiger charge is 2.14. The number of nitrogens with zero attached hydrogens (tertiary/aromatic N) is 1. The molecular weight excluding hydrogens is 238 g/mol. The molecule has 92 valence electrons. The van der Waals surface area contributed by atoms with Crippen LogP contribution in [0, 0.1) is 0 Å². The predicted octanol–water partition coefficient (Wildman–Crippen LogP) is 2.83. The van der Waals surface area contributed by atoms with Crippen molar-refractivity contribution >= 4 is 11.5 Å². The number of aromatic nitrogens is 1. The van der Waals surface area contributed by atoms with Crippen molar-refractivity contribution in [2.75, 3.05) is 5.73 Å². The lowest BCUT2D eigenvalue weighted by molar-refractivity contribution is 0.103. The van der Waals surface area contributed by atoms with Crippen molar-refractivity contribution < 1.29 is 13.6 Å². The Bertz CT molecular complexity index is 570. The molecule has 2 N–H and O–H groups in total. The van der Waals surface area contributed by atoms with Crippen molar-refractivity contribution in [3.05, 3.63) is 59.4 Å². The predicted molar refractivity (Wildman–Crippen MR) is 63.5 cm³/mol. The molecule has 3 nitrogen and oxygen atoms in total. The molecule has 0 aliphatic rings. The van der Waals surface area contributed by atoms with Crippen LogP contribution in [0.3, 0.4) is 0 Å². The van der Waals surface area contributed by atoms with Gasteiger partial charge in [-0.1, -0.05) is 0 Å². The number of hydrogen-bond donors (Lipinski definition) is 1. The quantitative estimate of drug-likeness (QED) is 0.671. The number of nitrogen functional groups attached to an aromatic ring is 1. The van der Waals surface area contributed by atoms with E-state index in [0.717, 1.165) is 12.1 Å². The summed E-state index contributed by atoms with van der Waals surface area (Å²) in [5.74, 6) is -0.355. The molecule has 0 saturated heterocycles. The third kappa shape index (κ3) is 2.51. The second kappa shape index (κ2) is 4.91. The van der Waals surface area contributed by atoms with Crippen molar-refractivity contribution in [3.63, 3.8) is 0 Å². The van der Waals surface area contributed by atoms with Crippen LogP contribution in [0.25, 0.3) is 0 Å². The number of carbonyl (C=O) groups is 1. The van der Waals surface area contributed by atoms with Crippen LogP contribution in [0.5, 0.6) is 0 Å². The van der Waals surface area contributed by atoms with Gasteiger partial charge in [-0.25, -0.2) is 8.78 Å². The zero-order chi connectivity index (χ0) is 13.1. The van der Waals surface area contributed by atoms with Crippen LogP contribution in [0.4, 0.5) is 14.5 Å². The Labute approximate surface area is 102 Å². The third-order valence-corrected chi connectivity index (χ3v) is 2.43. The minimum Gasteiger partial charge on any atom is -0.399 e. The largest absolute Gasteiger partial charge is 0.399 e. The molecule has 0 atom stereocenters. The summed E-state index contributed by atoms with van der Waals surface area (Å²) in [5, 5.41) is 0. The van der Waals surface area contributed by atoms with E-state index >= 15 is 0 Å². The number of benzene rings is 1. The SMILES string of the molecule is Nc1cc(C(=O)c2ccncc2)cc(C(F)F)c1. The standard InChI is InChI=1S/C13H10F2N2O/c14-13(15)10-5-9(6-11(16)7-10)12(18)8-1-3-17-4-2-8/h1-7,13H,16H2. The van der Waals surface area contributed by atoms with Gasteiger partial charge in [0.25, 0.3) is 6.43 Å². The maximum atomic E-state index is 12.6. The number of anilines is 1. The summed E-state index contributed by atoms with van der Waals surface area (Å²) in [6.45, 7) is 0. The molecule has 2 rings (SSSR count). The molecule has 0 spiro atoms. The van der Waals surface area contributed by atoms with Crippen LogP contribution < -0.4 is 5.73 Å². The van der Waals surface area contributed by atoms with Crippen molar-refractivity contribution in [3.8, 4) is 0 Å². The van der Waals surface area contributed by atoms with Gasteiger partial charge in [0.1, 0.15) is 0 Å². The number of halogens is 2. The number of alkyl halides is 2. The molecule has 2 aromatic rings. The first-order valence-electron chi connectivity index (χ1n) is 5.21. The molecule has 1 aromatic heterocycles. The molecule has 1 aromatic carbocycles. The maximum Gasteiger partial charge on any atom is 0.263 e. The first kappa shape index (κ1) is 12.2. The van der Waals surface area contributed by atoms with E-state index in [-0.39, 0.29) is 22.6 Å². The first-order chi connectivity index (χ1) is 8.58. The van der Waals surface area contributed by atoms with Gasteiger partial charge in [0.15, 0.2) is 5.78 Å². The van der Waals surface area contributed by atoms with Gasteiger partial charge in [-0.05, 0) is 30.3 Å². The van der Waals surface area contributed by atoms with Crippen LogP contribution in [0.15, 0.2) is 42.7 Å². The molecule has 18 heavy (non-hydrogen) atoms. The Morgan fingerprint density at radius 1 is 1.11 bits per heavy atom. The van der Waals surface area contributed by atoms with E-state index in [4.69, 9.17) is 5.73 Å². The van der Waals surface area contributed by atoms with Crippen LogP contribution in [-0.4, -0.2) is 10.8 Å². The van der Waals surface area contributed by atoms with E-state index < -0.39 is 6.43 Å². The summed E-state index contributed by atoms with van der Waals surface area (Å²) in [6.07, 6.45) is 0.277. The van der Waals surface area contributed by atoms with Crippen LogP contribution >= 0.6 is 0 Å². The minimum absolute atomic E-state index is 0.144. The van der Waals surface area contributed by atoms with Gasteiger partial charge in [-0.15, -0.1) is 0 Å². The monoisotopic (exact) mass is 248 g/mol. The lowest BCUT2D eigenvalue weighted by Gasteiger charge is -2.06. The number of carbonyl (C=O) groups excluding carboxylic acids is 1. The lowest BCUT2D eigenvalue weighted by atomic mass is 10.0. The Hall–Kier alpha value is -2.30. The van der Waals surface area contributed by atoms with Gasteiger partial charge in [0.2, 0.25) is 0 Å². The number of rotatable bonds is 3. The molecule has 0 saturated carbocycles. The van der Waals surface area contributed by atoms with E-state index in [1.54, 1.807) is 0 Å².